The summed E-state index contributed by atoms with van der Waals surface area (Å²) >= 11 is 0. The zero-order chi connectivity index (χ0) is 25.3. The van der Waals surface area contributed by atoms with Crippen molar-refractivity contribution in [2.24, 2.45) is 0 Å². The Hall–Kier alpha value is -3.98. The number of piperazine rings is 1. The lowest BCUT2D eigenvalue weighted by molar-refractivity contribution is -0.129. The first-order valence-electron chi connectivity index (χ1n) is 11.7. The molecule has 0 radical (unpaired) electrons. The van der Waals surface area contributed by atoms with Gasteiger partial charge < -0.3 is 15.1 Å². The third-order valence-electron chi connectivity index (χ3n) is 6.42. The number of para-hydroxylation sites is 1. The monoisotopic (exact) mass is 501 g/mol. The molecule has 8 nitrogen and oxygen atoms in total. The van der Waals surface area contributed by atoms with Crippen LogP contribution in [0, 0.1) is 0 Å². The molecule has 0 aliphatic carbocycles. The lowest BCUT2D eigenvalue weighted by atomic mass is 10.0. The Balaban J connectivity index is 1.35. The Kier molecular flexibility index (Phi) is 6.32. The SMILES string of the molecule is CC(=O)N1CCN(c2ccc(Nc3ncc4cccc(-c5ccc(S(C)(=O)=O)cc5)c4n3)cc2)CC1. The van der Waals surface area contributed by atoms with E-state index in [0.717, 1.165) is 59.6 Å². The minimum atomic E-state index is -3.26. The van der Waals surface area contributed by atoms with Crippen LogP contribution >= 0.6 is 0 Å². The van der Waals surface area contributed by atoms with Crippen LogP contribution in [0.25, 0.3) is 22.0 Å². The van der Waals surface area contributed by atoms with Gasteiger partial charge in [0.1, 0.15) is 0 Å². The van der Waals surface area contributed by atoms with Gasteiger partial charge in [-0.05, 0) is 42.0 Å². The highest BCUT2D eigenvalue weighted by atomic mass is 32.2. The molecule has 5 rings (SSSR count). The van der Waals surface area contributed by atoms with Crippen LogP contribution in [0.1, 0.15) is 6.92 Å². The van der Waals surface area contributed by atoms with Gasteiger partial charge in [0, 0.05) is 67.9 Å². The van der Waals surface area contributed by atoms with Crippen molar-refractivity contribution in [1.29, 1.82) is 0 Å². The number of hydrogen-bond acceptors (Lipinski definition) is 7. The zero-order valence-electron chi connectivity index (χ0n) is 20.2. The molecule has 0 atom stereocenters. The molecule has 2 heterocycles. The van der Waals surface area contributed by atoms with Gasteiger partial charge in [-0.15, -0.1) is 0 Å². The number of sulfone groups is 1. The summed E-state index contributed by atoms with van der Waals surface area (Å²) in [5.41, 5.74) is 4.55. The minimum Gasteiger partial charge on any atom is -0.368 e. The van der Waals surface area contributed by atoms with Gasteiger partial charge in [-0.2, -0.15) is 0 Å². The molecule has 36 heavy (non-hydrogen) atoms. The fraction of sp³-hybridized carbons (Fsp3) is 0.222. The normalized spacial score (nSPS) is 14.2. The Bertz CT molecular complexity index is 1510. The average molecular weight is 502 g/mol. The molecule has 1 saturated heterocycles. The molecule has 1 N–H and O–H groups in total. The highest BCUT2D eigenvalue weighted by Gasteiger charge is 2.18. The average Bonchev–Trinajstić information content (AvgIpc) is 2.88. The van der Waals surface area contributed by atoms with E-state index >= 15 is 0 Å². The van der Waals surface area contributed by atoms with Gasteiger partial charge in [0.05, 0.1) is 10.4 Å². The summed E-state index contributed by atoms with van der Waals surface area (Å²) in [5.74, 6) is 0.601. The number of aromatic nitrogens is 2. The van der Waals surface area contributed by atoms with Crippen LogP contribution in [0.2, 0.25) is 0 Å². The Morgan fingerprint density at radius 3 is 2.25 bits per heavy atom. The fourth-order valence-electron chi connectivity index (χ4n) is 4.39. The third kappa shape index (κ3) is 5.01. The Morgan fingerprint density at radius 2 is 1.61 bits per heavy atom. The number of nitrogens with one attached hydrogen (secondary N) is 1. The predicted octanol–water partition coefficient (Wildman–Crippen LogP) is 4.11. The number of benzene rings is 3. The van der Waals surface area contributed by atoms with Crippen molar-refractivity contribution in [3.63, 3.8) is 0 Å². The molecule has 0 spiro atoms. The van der Waals surface area contributed by atoms with E-state index in [9.17, 15) is 13.2 Å². The maximum Gasteiger partial charge on any atom is 0.227 e. The van der Waals surface area contributed by atoms with Crippen molar-refractivity contribution in [3.05, 3.63) is 72.9 Å². The third-order valence-corrected chi connectivity index (χ3v) is 7.55. The second kappa shape index (κ2) is 9.58. The van der Waals surface area contributed by atoms with Crippen LogP contribution in [0.4, 0.5) is 17.3 Å². The lowest BCUT2D eigenvalue weighted by Crippen LogP contribution is -2.48. The van der Waals surface area contributed by atoms with Gasteiger partial charge in [0.2, 0.25) is 11.9 Å². The van der Waals surface area contributed by atoms with Crippen LogP contribution in [-0.2, 0) is 14.6 Å². The van der Waals surface area contributed by atoms with Crippen LogP contribution < -0.4 is 10.2 Å². The number of rotatable bonds is 5. The molecule has 1 fully saturated rings. The summed E-state index contributed by atoms with van der Waals surface area (Å²) in [6, 6.07) is 20.8. The van der Waals surface area contributed by atoms with Gasteiger partial charge in [-0.25, -0.2) is 18.4 Å². The van der Waals surface area contributed by atoms with E-state index < -0.39 is 9.84 Å². The minimum absolute atomic E-state index is 0.124. The molecule has 184 valence electrons. The van der Waals surface area contributed by atoms with Gasteiger partial charge >= 0.3 is 0 Å². The molecule has 0 unspecified atom stereocenters. The number of anilines is 3. The summed E-state index contributed by atoms with van der Waals surface area (Å²) in [6.07, 6.45) is 2.98. The van der Waals surface area contributed by atoms with E-state index in [1.165, 1.54) is 6.26 Å². The molecule has 1 amide bonds. The largest absolute Gasteiger partial charge is 0.368 e. The number of fused-ring (bicyclic) bond motifs is 1. The second-order valence-electron chi connectivity index (χ2n) is 8.90. The maximum absolute atomic E-state index is 11.8. The molecule has 1 aliphatic rings. The highest BCUT2D eigenvalue weighted by Crippen LogP contribution is 2.29. The number of hydrogen-bond donors (Lipinski definition) is 1. The summed E-state index contributed by atoms with van der Waals surface area (Å²) in [5, 5.41) is 4.18. The number of nitrogens with zero attached hydrogens (tertiary/aromatic N) is 4. The van der Waals surface area contributed by atoms with Crippen molar-refractivity contribution in [2.45, 2.75) is 11.8 Å². The molecule has 4 aromatic rings. The first-order valence-corrected chi connectivity index (χ1v) is 13.6. The topological polar surface area (TPSA) is 95.5 Å². The second-order valence-corrected chi connectivity index (χ2v) is 10.9. The summed E-state index contributed by atoms with van der Waals surface area (Å²) in [4.78, 5) is 25.2. The van der Waals surface area contributed by atoms with Crippen LogP contribution in [0.3, 0.4) is 0 Å². The van der Waals surface area contributed by atoms with Gasteiger partial charge in [0.25, 0.3) is 0 Å². The number of carbonyl (C=O) groups excluding carboxylic acids is 1. The quantitative estimate of drug-likeness (QED) is 0.440. The summed E-state index contributed by atoms with van der Waals surface area (Å²) < 4.78 is 23.6. The van der Waals surface area contributed by atoms with E-state index in [2.05, 4.69) is 27.3 Å². The Labute approximate surface area is 210 Å². The predicted molar refractivity (Wildman–Crippen MR) is 142 cm³/mol. The van der Waals surface area contributed by atoms with Crippen LogP contribution in [-0.4, -0.2) is 61.6 Å². The maximum atomic E-state index is 11.8. The highest BCUT2D eigenvalue weighted by molar-refractivity contribution is 7.90. The van der Waals surface area contributed by atoms with E-state index in [0.29, 0.717) is 5.95 Å². The van der Waals surface area contributed by atoms with Gasteiger partial charge in [-0.1, -0.05) is 30.3 Å². The molecule has 1 aliphatic heterocycles. The van der Waals surface area contributed by atoms with Crippen LogP contribution in [0.15, 0.2) is 77.8 Å². The molecule has 3 aromatic carbocycles. The van der Waals surface area contributed by atoms with Crippen molar-refractivity contribution in [2.75, 3.05) is 42.7 Å². The Morgan fingerprint density at radius 1 is 0.917 bits per heavy atom. The van der Waals surface area contributed by atoms with E-state index in [1.807, 2.05) is 35.2 Å². The van der Waals surface area contributed by atoms with Gasteiger partial charge in [-0.3, -0.25) is 4.79 Å². The molecule has 1 aromatic heterocycles. The smallest absolute Gasteiger partial charge is 0.227 e. The molecule has 0 bridgehead atoms. The van der Waals surface area contributed by atoms with Crippen molar-refractivity contribution < 1.29 is 13.2 Å². The molecular weight excluding hydrogens is 474 g/mol. The summed E-state index contributed by atoms with van der Waals surface area (Å²) in [7, 11) is -3.26. The fourth-order valence-corrected chi connectivity index (χ4v) is 5.03. The standard InChI is InChI=1S/C27H27N5O3S/c1-19(33)31-14-16-32(17-15-31)23-10-8-22(9-11-23)29-27-28-18-21-4-3-5-25(26(21)30-27)20-6-12-24(13-7-20)36(2,34)35/h3-13,18H,14-17H2,1-2H3,(H,28,29,30). The zero-order valence-corrected chi connectivity index (χ0v) is 21.0. The van der Waals surface area contributed by atoms with E-state index in [-0.39, 0.29) is 10.8 Å². The van der Waals surface area contributed by atoms with E-state index in [4.69, 9.17) is 4.98 Å². The first kappa shape index (κ1) is 23.7. The molecular formula is C27H27N5O3S. The van der Waals surface area contributed by atoms with Crippen molar-refractivity contribution in [3.8, 4) is 11.1 Å². The first-order chi connectivity index (χ1) is 17.3. The molecule has 0 saturated carbocycles. The van der Waals surface area contributed by atoms with Gasteiger partial charge in [0.15, 0.2) is 9.84 Å². The number of amides is 1. The number of carbonyl (C=O) groups is 1. The summed E-state index contributed by atoms with van der Waals surface area (Å²) in [6.45, 7) is 4.71. The molecule has 9 heteroatoms. The van der Waals surface area contributed by atoms with E-state index in [1.54, 1.807) is 37.4 Å². The van der Waals surface area contributed by atoms with Crippen LogP contribution in [0.5, 0.6) is 0 Å². The van der Waals surface area contributed by atoms with Crippen molar-refractivity contribution >= 4 is 44.0 Å². The lowest BCUT2D eigenvalue weighted by Gasteiger charge is -2.35. The van der Waals surface area contributed by atoms with Crippen molar-refractivity contribution in [1.82, 2.24) is 14.9 Å².